The Bertz CT molecular complexity index is 545. The number of methoxy groups -OCH3 is 2. The van der Waals surface area contributed by atoms with E-state index in [9.17, 15) is 4.79 Å². The van der Waals surface area contributed by atoms with Crippen molar-refractivity contribution >= 4 is 27.5 Å². The van der Waals surface area contributed by atoms with Gasteiger partial charge in [0.15, 0.2) is 11.5 Å². The molecule has 23 heavy (non-hydrogen) atoms. The average Bonchev–Trinajstić information content (AvgIpc) is 2.56. The molecule has 1 heterocycles. The SMILES string of the molecule is COc1cc(Br)c(NC(=O)CC(C)C2CCNCC2)cc1OC. The molecule has 1 saturated heterocycles. The lowest BCUT2D eigenvalue weighted by atomic mass is 9.84. The maximum absolute atomic E-state index is 12.4. The number of carbonyl (C=O) groups excluding carboxylic acids is 1. The van der Waals surface area contributed by atoms with Crippen LogP contribution in [-0.2, 0) is 4.79 Å². The number of rotatable bonds is 6. The predicted molar refractivity (Wildman–Crippen MR) is 95.3 cm³/mol. The summed E-state index contributed by atoms with van der Waals surface area (Å²) in [7, 11) is 3.17. The summed E-state index contributed by atoms with van der Waals surface area (Å²) in [6, 6.07) is 3.57. The third-order valence-electron chi connectivity index (χ3n) is 4.44. The Kier molecular flexibility index (Phi) is 6.72. The highest BCUT2D eigenvalue weighted by atomic mass is 79.9. The number of amides is 1. The Morgan fingerprint density at radius 2 is 1.91 bits per heavy atom. The topological polar surface area (TPSA) is 59.6 Å². The first-order chi connectivity index (χ1) is 11.0. The van der Waals surface area contributed by atoms with Gasteiger partial charge in [-0.05, 0) is 53.7 Å². The minimum absolute atomic E-state index is 0.0314. The molecule has 1 atom stereocenters. The second kappa shape index (κ2) is 8.55. The van der Waals surface area contributed by atoms with Crippen LogP contribution in [-0.4, -0.2) is 33.2 Å². The molecule has 1 amide bonds. The van der Waals surface area contributed by atoms with Gasteiger partial charge in [-0.15, -0.1) is 0 Å². The Morgan fingerprint density at radius 3 is 2.52 bits per heavy atom. The molecule has 0 saturated carbocycles. The number of carbonyl (C=O) groups is 1. The van der Waals surface area contributed by atoms with Gasteiger partial charge in [0.1, 0.15) is 0 Å². The zero-order chi connectivity index (χ0) is 16.8. The maximum Gasteiger partial charge on any atom is 0.224 e. The van der Waals surface area contributed by atoms with E-state index in [1.807, 2.05) is 0 Å². The molecule has 0 aromatic heterocycles. The van der Waals surface area contributed by atoms with Crippen LogP contribution >= 0.6 is 15.9 Å². The monoisotopic (exact) mass is 384 g/mol. The Balaban J connectivity index is 1.99. The number of ether oxygens (including phenoxy) is 2. The zero-order valence-corrected chi connectivity index (χ0v) is 15.5. The van der Waals surface area contributed by atoms with Crippen LogP contribution in [0.2, 0.25) is 0 Å². The number of anilines is 1. The Morgan fingerprint density at radius 1 is 1.30 bits per heavy atom. The standard InChI is InChI=1S/C17H25BrN2O3/c1-11(12-4-6-19-7-5-12)8-17(21)20-14-10-16(23-3)15(22-2)9-13(14)18/h9-12,19H,4-8H2,1-3H3,(H,20,21). The smallest absolute Gasteiger partial charge is 0.224 e. The normalized spacial score (nSPS) is 16.7. The highest BCUT2D eigenvalue weighted by Crippen LogP contribution is 2.36. The van der Waals surface area contributed by atoms with Gasteiger partial charge >= 0.3 is 0 Å². The van der Waals surface area contributed by atoms with Gasteiger partial charge in [-0.3, -0.25) is 4.79 Å². The molecule has 1 aliphatic rings. The van der Waals surface area contributed by atoms with Crippen molar-refractivity contribution in [3.05, 3.63) is 16.6 Å². The molecule has 128 valence electrons. The van der Waals surface area contributed by atoms with Crippen molar-refractivity contribution in [3.63, 3.8) is 0 Å². The van der Waals surface area contributed by atoms with Crippen molar-refractivity contribution in [2.45, 2.75) is 26.2 Å². The fourth-order valence-corrected chi connectivity index (χ4v) is 3.45. The van der Waals surface area contributed by atoms with Crippen molar-refractivity contribution in [3.8, 4) is 11.5 Å². The van der Waals surface area contributed by atoms with E-state index in [0.717, 1.165) is 30.4 Å². The van der Waals surface area contributed by atoms with Gasteiger partial charge in [0.25, 0.3) is 0 Å². The van der Waals surface area contributed by atoms with Crippen LogP contribution in [0.5, 0.6) is 11.5 Å². The van der Waals surface area contributed by atoms with E-state index in [-0.39, 0.29) is 5.91 Å². The van der Waals surface area contributed by atoms with E-state index < -0.39 is 0 Å². The number of nitrogens with one attached hydrogen (secondary N) is 2. The van der Waals surface area contributed by atoms with E-state index >= 15 is 0 Å². The number of hydrogen-bond donors (Lipinski definition) is 2. The molecule has 6 heteroatoms. The van der Waals surface area contributed by atoms with Crippen LogP contribution < -0.4 is 20.1 Å². The van der Waals surface area contributed by atoms with Gasteiger partial charge in [-0.25, -0.2) is 0 Å². The molecular weight excluding hydrogens is 360 g/mol. The van der Waals surface area contributed by atoms with E-state index in [2.05, 4.69) is 33.5 Å². The summed E-state index contributed by atoms with van der Waals surface area (Å²) in [5.74, 6) is 2.26. The molecule has 1 aromatic rings. The van der Waals surface area contributed by atoms with Crippen LogP contribution in [0.25, 0.3) is 0 Å². The zero-order valence-electron chi connectivity index (χ0n) is 13.9. The van der Waals surface area contributed by atoms with Crippen LogP contribution in [0.4, 0.5) is 5.69 Å². The van der Waals surface area contributed by atoms with E-state index in [0.29, 0.717) is 35.4 Å². The lowest BCUT2D eigenvalue weighted by Gasteiger charge is -2.28. The summed E-state index contributed by atoms with van der Waals surface area (Å²) in [4.78, 5) is 12.4. The van der Waals surface area contributed by atoms with Crippen LogP contribution in [0.15, 0.2) is 16.6 Å². The first kappa shape index (κ1) is 18.1. The van der Waals surface area contributed by atoms with Gasteiger partial charge in [0.2, 0.25) is 5.91 Å². The minimum Gasteiger partial charge on any atom is -0.493 e. The molecule has 5 nitrogen and oxygen atoms in total. The average molecular weight is 385 g/mol. The lowest BCUT2D eigenvalue weighted by Crippen LogP contribution is -2.32. The maximum atomic E-state index is 12.4. The third-order valence-corrected chi connectivity index (χ3v) is 5.10. The molecule has 1 aromatic carbocycles. The van der Waals surface area contributed by atoms with Crippen molar-refractivity contribution < 1.29 is 14.3 Å². The van der Waals surface area contributed by atoms with Crippen LogP contribution in [0, 0.1) is 11.8 Å². The highest BCUT2D eigenvalue weighted by molar-refractivity contribution is 9.10. The van der Waals surface area contributed by atoms with E-state index in [4.69, 9.17) is 9.47 Å². The molecule has 1 fully saturated rings. The Labute approximate surface area is 146 Å². The summed E-state index contributed by atoms with van der Waals surface area (Å²) in [5.41, 5.74) is 0.699. The second-order valence-electron chi connectivity index (χ2n) is 6.00. The summed E-state index contributed by atoms with van der Waals surface area (Å²) < 4.78 is 11.3. The van der Waals surface area contributed by atoms with Crippen molar-refractivity contribution in [1.82, 2.24) is 5.32 Å². The number of hydrogen-bond acceptors (Lipinski definition) is 4. The predicted octanol–water partition coefficient (Wildman–Crippen LogP) is 3.43. The summed E-state index contributed by atoms with van der Waals surface area (Å²) in [6.45, 7) is 4.27. The van der Waals surface area contributed by atoms with Crippen LogP contribution in [0.1, 0.15) is 26.2 Å². The molecule has 0 bridgehead atoms. The van der Waals surface area contributed by atoms with Gasteiger partial charge in [-0.1, -0.05) is 6.92 Å². The number of piperidine rings is 1. The Hall–Kier alpha value is -1.27. The van der Waals surface area contributed by atoms with Crippen molar-refractivity contribution in [1.29, 1.82) is 0 Å². The van der Waals surface area contributed by atoms with E-state index in [1.165, 1.54) is 0 Å². The van der Waals surface area contributed by atoms with Gasteiger partial charge in [0, 0.05) is 23.0 Å². The van der Waals surface area contributed by atoms with Crippen molar-refractivity contribution in [2.24, 2.45) is 11.8 Å². The molecule has 1 aliphatic heterocycles. The first-order valence-corrected chi connectivity index (χ1v) is 8.76. The van der Waals surface area contributed by atoms with Gasteiger partial charge in [0.05, 0.1) is 19.9 Å². The fourth-order valence-electron chi connectivity index (χ4n) is 3.02. The number of halogens is 1. The third kappa shape index (κ3) is 4.85. The molecule has 0 aliphatic carbocycles. The minimum atomic E-state index is 0.0314. The number of benzene rings is 1. The molecular formula is C17H25BrN2O3. The molecule has 2 N–H and O–H groups in total. The van der Waals surface area contributed by atoms with E-state index in [1.54, 1.807) is 26.4 Å². The summed E-state index contributed by atoms with van der Waals surface area (Å²) in [6.07, 6.45) is 2.83. The largest absolute Gasteiger partial charge is 0.493 e. The molecule has 0 spiro atoms. The lowest BCUT2D eigenvalue weighted by molar-refractivity contribution is -0.117. The molecule has 2 rings (SSSR count). The van der Waals surface area contributed by atoms with Gasteiger partial charge in [-0.2, -0.15) is 0 Å². The summed E-state index contributed by atoms with van der Waals surface area (Å²) in [5, 5.41) is 6.33. The molecule has 0 radical (unpaired) electrons. The van der Waals surface area contributed by atoms with Gasteiger partial charge < -0.3 is 20.1 Å². The highest BCUT2D eigenvalue weighted by Gasteiger charge is 2.22. The quantitative estimate of drug-likeness (QED) is 0.788. The summed E-state index contributed by atoms with van der Waals surface area (Å²) >= 11 is 3.46. The van der Waals surface area contributed by atoms with Crippen molar-refractivity contribution in [2.75, 3.05) is 32.6 Å². The van der Waals surface area contributed by atoms with Crippen LogP contribution in [0.3, 0.4) is 0 Å². The first-order valence-electron chi connectivity index (χ1n) is 7.97. The molecule has 1 unspecified atom stereocenters. The fraction of sp³-hybridized carbons (Fsp3) is 0.588. The second-order valence-corrected chi connectivity index (χ2v) is 6.86.